The van der Waals surface area contributed by atoms with Crippen LogP contribution in [0.4, 0.5) is 0 Å². The van der Waals surface area contributed by atoms with Gasteiger partial charge in [-0.25, -0.2) is 0 Å². The molecule has 5 rings (SSSR count). The number of phenols is 1. The molecule has 1 aromatic carbocycles. The normalized spacial score (nSPS) is 24.8. The number of carbonyl (C=O) groups is 2. The summed E-state index contributed by atoms with van der Waals surface area (Å²) in [6, 6.07) is 7.80. The van der Waals surface area contributed by atoms with Crippen molar-refractivity contribution in [1.29, 1.82) is 0 Å². The van der Waals surface area contributed by atoms with Gasteiger partial charge < -0.3 is 14.6 Å². The summed E-state index contributed by atoms with van der Waals surface area (Å²) in [5.74, 6) is 0.289. The Morgan fingerprint density at radius 2 is 2.05 bits per heavy atom. The number of fused-ring (bicyclic) bond motifs is 3. The molecule has 2 fully saturated rings. The van der Waals surface area contributed by atoms with Gasteiger partial charge in [-0.1, -0.05) is 50.5 Å². The van der Waals surface area contributed by atoms with Gasteiger partial charge in [0.2, 0.25) is 11.8 Å². The van der Waals surface area contributed by atoms with Crippen LogP contribution in [0.15, 0.2) is 46.4 Å². The van der Waals surface area contributed by atoms with E-state index >= 15 is 0 Å². The van der Waals surface area contributed by atoms with E-state index in [0.29, 0.717) is 31.2 Å². The van der Waals surface area contributed by atoms with Gasteiger partial charge in [-0.2, -0.15) is 0 Å². The molecule has 2 aliphatic heterocycles. The maximum absolute atomic E-state index is 13.7. The quantitative estimate of drug-likeness (QED) is 0.164. The van der Waals surface area contributed by atoms with Crippen molar-refractivity contribution in [2.45, 2.75) is 65.5 Å². The predicted molar refractivity (Wildman–Crippen MR) is 166 cm³/mol. The molecule has 1 aliphatic carbocycles. The molecule has 2 saturated heterocycles. The maximum atomic E-state index is 13.7. The van der Waals surface area contributed by atoms with Gasteiger partial charge in [-0.3, -0.25) is 14.5 Å². The van der Waals surface area contributed by atoms with Crippen molar-refractivity contribution in [3.63, 3.8) is 0 Å². The van der Waals surface area contributed by atoms with Crippen molar-refractivity contribution in [3.8, 4) is 11.5 Å². The number of nitrogens with zero attached hydrogens (tertiary/aromatic N) is 1. The van der Waals surface area contributed by atoms with Crippen LogP contribution in [0.25, 0.3) is 6.08 Å². The lowest BCUT2D eigenvalue weighted by Crippen LogP contribution is -2.35. The SMILES string of the molecule is CCC/C(=C\c1cc(I)c(O)c(OC)c1)CC[C@H]1OC[C@H]2C1=C(C(C)C)C[C@H]1C(=O)N(Cc3cccs3)C(=O)[C@H]12. The molecule has 3 aliphatic rings. The van der Waals surface area contributed by atoms with Gasteiger partial charge in [0.15, 0.2) is 11.5 Å². The van der Waals surface area contributed by atoms with Crippen LogP contribution in [-0.2, 0) is 20.9 Å². The molecule has 0 bridgehead atoms. The fourth-order valence-corrected chi connectivity index (χ4v) is 8.03. The molecule has 8 heteroatoms. The molecule has 2 aromatic rings. The summed E-state index contributed by atoms with van der Waals surface area (Å²) in [5.41, 5.74) is 4.93. The summed E-state index contributed by atoms with van der Waals surface area (Å²) in [4.78, 5) is 29.7. The van der Waals surface area contributed by atoms with Gasteiger partial charge >= 0.3 is 0 Å². The van der Waals surface area contributed by atoms with Gasteiger partial charge in [-0.05, 0) is 88.9 Å². The summed E-state index contributed by atoms with van der Waals surface area (Å²) in [6.45, 7) is 7.45. The molecular weight excluding hydrogens is 637 g/mol. The van der Waals surface area contributed by atoms with Crippen molar-refractivity contribution in [1.82, 2.24) is 4.90 Å². The first-order valence-corrected chi connectivity index (χ1v) is 16.2. The summed E-state index contributed by atoms with van der Waals surface area (Å²) in [5, 5.41) is 12.2. The Hall–Kier alpha value is -2.17. The lowest BCUT2D eigenvalue weighted by Gasteiger charge is -2.33. The smallest absolute Gasteiger partial charge is 0.234 e. The van der Waals surface area contributed by atoms with Gasteiger partial charge in [-0.15, -0.1) is 11.3 Å². The Balaban J connectivity index is 1.37. The van der Waals surface area contributed by atoms with E-state index in [1.54, 1.807) is 18.4 Å². The fraction of sp³-hybridized carbons (Fsp3) is 0.500. The standard InChI is InChI=1S/C32H38INO5S/c1-5-7-19(12-20-13-25(33)30(35)27(14-20)38-4)9-10-26-28-22(18(2)3)15-23-29(24(28)17-39-26)32(37)34(31(23)36)16-21-8-6-11-40-21/h6,8,11-14,18,23-24,26,29,35H,5,7,9-10,15-17H2,1-4H3/b19-12+/t23-,24+,26-,29-/m1/s1. The number of ether oxygens (including phenoxy) is 2. The number of imide groups is 1. The van der Waals surface area contributed by atoms with Crippen molar-refractivity contribution >= 4 is 51.8 Å². The summed E-state index contributed by atoms with van der Waals surface area (Å²) >= 11 is 3.71. The van der Waals surface area contributed by atoms with Crippen LogP contribution in [0, 0.1) is 27.2 Å². The van der Waals surface area contributed by atoms with Crippen LogP contribution in [0.1, 0.15) is 63.3 Å². The third-order valence-corrected chi connectivity index (χ3v) is 10.2. The molecule has 3 heterocycles. The lowest BCUT2D eigenvalue weighted by molar-refractivity contribution is -0.140. The number of thiophene rings is 1. The largest absolute Gasteiger partial charge is 0.504 e. The number of allylic oxidation sites excluding steroid dienone is 2. The van der Waals surface area contributed by atoms with Gasteiger partial charge in [0.05, 0.1) is 41.8 Å². The minimum atomic E-state index is -0.313. The van der Waals surface area contributed by atoms with E-state index in [1.807, 2.05) is 29.6 Å². The number of carbonyl (C=O) groups excluding carboxylic acids is 2. The van der Waals surface area contributed by atoms with E-state index in [-0.39, 0.29) is 41.4 Å². The average Bonchev–Trinajstić information content (AvgIpc) is 3.65. The molecule has 6 nitrogen and oxygen atoms in total. The molecule has 0 spiro atoms. The number of hydrogen-bond acceptors (Lipinski definition) is 6. The molecule has 0 radical (unpaired) electrons. The number of phenolic OH excluding ortho intramolecular Hbond substituents is 1. The van der Waals surface area contributed by atoms with Gasteiger partial charge in [0, 0.05) is 10.8 Å². The minimum Gasteiger partial charge on any atom is -0.504 e. The number of hydrogen-bond donors (Lipinski definition) is 1. The van der Waals surface area contributed by atoms with E-state index in [0.717, 1.165) is 39.7 Å². The first kappa shape index (κ1) is 29.3. The zero-order valence-electron chi connectivity index (χ0n) is 23.6. The van der Waals surface area contributed by atoms with E-state index in [2.05, 4.69) is 49.4 Å². The molecular formula is C32H38INO5S. The predicted octanol–water partition coefficient (Wildman–Crippen LogP) is 7.20. The molecule has 0 unspecified atom stereocenters. The number of benzene rings is 1. The number of likely N-dealkylation sites (tertiary alicyclic amines) is 1. The highest BCUT2D eigenvalue weighted by Gasteiger charge is 2.57. The number of rotatable bonds is 10. The third kappa shape index (κ3) is 5.63. The summed E-state index contributed by atoms with van der Waals surface area (Å²) < 4.78 is 12.6. The summed E-state index contributed by atoms with van der Waals surface area (Å²) in [7, 11) is 1.57. The highest BCUT2D eigenvalue weighted by atomic mass is 127. The second-order valence-electron chi connectivity index (χ2n) is 11.4. The van der Waals surface area contributed by atoms with E-state index in [4.69, 9.17) is 9.47 Å². The zero-order valence-corrected chi connectivity index (χ0v) is 26.6. The first-order valence-electron chi connectivity index (χ1n) is 14.2. The highest BCUT2D eigenvalue weighted by molar-refractivity contribution is 14.1. The van der Waals surface area contributed by atoms with Gasteiger partial charge in [0.1, 0.15) is 0 Å². The number of aromatic hydroxyl groups is 1. The third-order valence-electron chi connectivity index (χ3n) is 8.57. The molecule has 4 atom stereocenters. The minimum absolute atomic E-state index is 0.0174. The van der Waals surface area contributed by atoms with Crippen molar-refractivity contribution in [2.75, 3.05) is 13.7 Å². The molecule has 0 saturated carbocycles. The Labute approximate surface area is 254 Å². The lowest BCUT2D eigenvalue weighted by atomic mass is 9.67. The maximum Gasteiger partial charge on any atom is 0.234 e. The highest BCUT2D eigenvalue weighted by Crippen LogP contribution is 2.51. The van der Waals surface area contributed by atoms with Crippen LogP contribution < -0.4 is 4.74 Å². The van der Waals surface area contributed by atoms with Gasteiger partial charge in [0.25, 0.3) is 0 Å². The zero-order chi connectivity index (χ0) is 28.6. The van der Waals surface area contributed by atoms with E-state index in [9.17, 15) is 14.7 Å². The van der Waals surface area contributed by atoms with Crippen LogP contribution >= 0.6 is 33.9 Å². The molecule has 1 N–H and O–H groups in total. The second kappa shape index (κ2) is 12.4. The molecule has 214 valence electrons. The molecule has 40 heavy (non-hydrogen) atoms. The Morgan fingerprint density at radius 1 is 1.25 bits per heavy atom. The van der Waals surface area contributed by atoms with Crippen molar-refractivity contribution in [2.24, 2.45) is 23.7 Å². The monoisotopic (exact) mass is 675 g/mol. The van der Waals surface area contributed by atoms with Crippen molar-refractivity contribution < 1.29 is 24.2 Å². The van der Waals surface area contributed by atoms with Crippen LogP contribution in [0.5, 0.6) is 11.5 Å². The van der Waals surface area contributed by atoms with Crippen LogP contribution in [0.2, 0.25) is 0 Å². The van der Waals surface area contributed by atoms with E-state index in [1.165, 1.54) is 21.6 Å². The Bertz CT molecular complexity index is 1330. The van der Waals surface area contributed by atoms with E-state index < -0.39 is 0 Å². The van der Waals surface area contributed by atoms with Crippen LogP contribution in [0.3, 0.4) is 0 Å². The van der Waals surface area contributed by atoms with Crippen LogP contribution in [-0.4, -0.2) is 41.6 Å². The van der Waals surface area contributed by atoms with Crippen molar-refractivity contribution in [3.05, 3.63) is 60.4 Å². The Kier molecular flexibility index (Phi) is 9.07. The topological polar surface area (TPSA) is 76.1 Å². The first-order chi connectivity index (χ1) is 19.2. The number of methoxy groups -OCH3 is 1. The molecule has 2 amide bonds. The Morgan fingerprint density at radius 3 is 2.73 bits per heavy atom. The second-order valence-corrected chi connectivity index (χ2v) is 13.6. The fourth-order valence-electron chi connectivity index (χ4n) is 6.71. The molecule has 1 aromatic heterocycles. The average molecular weight is 676 g/mol. The summed E-state index contributed by atoms with van der Waals surface area (Å²) in [6.07, 6.45) is 6.56. The number of halogens is 1. The number of amides is 2.